The average molecular weight is 341 g/mol. The van der Waals surface area contributed by atoms with Gasteiger partial charge in [0.2, 0.25) is 5.91 Å². The van der Waals surface area contributed by atoms with Crippen molar-refractivity contribution in [1.82, 2.24) is 19.7 Å². The van der Waals surface area contributed by atoms with Crippen LogP contribution in [0.5, 0.6) is 0 Å². The molecule has 1 atom stereocenters. The second-order valence-corrected chi connectivity index (χ2v) is 6.51. The third-order valence-electron chi connectivity index (χ3n) is 4.53. The summed E-state index contributed by atoms with van der Waals surface area (Å²) in [4.78, 5) is 30.1. The zero-order valence-corrected chi connectivity index (χ0v) is 14.4. The lowest BCUT2D eigenvalue weighted by Gasteiger charge is -2.32. The van der Waals surface area contributed by atoms with Crippen LogP contribution in [0.4, 0.5) is 0 Å². The van der Waals surface area contributed by atoms with Crippen LogP contribution in [0.2, 0.25) is 0 Å². The molecule has 1 aliphatic rings. The molecule has 25 heavy (non-hydrogen) atoms. The molecule has 1 saturated heterocycles. The minimum atomic E-state index is -0.321. The first-order valence-corrected chi connectivity index (χ1v) is 8.55. The summed E-state index contributed by atoms with van der Waals surface area (Å²) in [5.74, 6) is -0.0938. The number of hydrogen-bond acceptors (Lipinski definition) is 4. The van der Waals surface area contributed by atoms with Gasteiger partial charge in [0.25, 0.3) is 5.91 Å². The third-order valence-corrected chi connectivity index (χ3v) is 4.53. The molecule has 2 aromatic rings. The summed E-state index contributed by atoms with van der Waals surface area (Å²) in [6.07, 6.45) is 6.15. The predicted octanol–water partition coefficient (Wildman–Crippen LogP) is 1.25. The minimum Gasteiger partial charge on any atom is -0.370 e. The average Bonchev–Trinajstić information content (AvgIpc) is 3.06. The third kappa shape index (κ3) is 4.23. The molecule has 7 heteroatoms. The molecule has 0 saturated carbocycles. The van der Waals surface area contributed by atoms with Crippen LogP contribution in [0.3, 0.4) is 0 Å². The number of piperidine rings is 1. The Labute approximate surface area is 146 Å². The van der Waals surface area contributed by atoms with E-state index >= 15 is 0 Å². The smallest absolute Gasteiger partial charge is 0.257 e. The van der Waals surface area contributed by atoms with E-state index in [0.717, 1.165) is 30.8 Å². The van der Waals surface area contributed by atoms with Crippen molar-refractivity contribution in [1.29, 1.82) is 0 Å². The molecule has 0 aromatic carbocycles. The molecule has 0 aliphatic carbocycles. The molecule has 3 heterocycles. The summed E-state index contributed by atoms with van der Waals surface area (Å²) in [5.41, 5.74) is 7.67. The topological polar surface area (TPSA) is 94.1 Å². The molecule has 1 unspecified atom stereocenters. The number of carbonyl (C=O) groups excluding carboxylic acids is 2. The Balaban J connectivity index is 1.69. The largest absolute Gasteiger partial charge is 0.370 e. The minimum absolute atomic E-state index is 0.0164. The van der Waals surface area contributed by atoms with E-state index < -0.39 is 0 Å². The highest BCUT2D eigenvalue weighted by molar-refractivity contribution is 5.93. The number of primary amides is 1. The quantitative estimate of drug-likeness (QED) is 0.885. The van der Waals surface area contributed by atoms with Crippen LogP contribution >= 0.6 is 0 Å². The van der Waals surface area contributed by atoms with Crippen molar-refractivity contribution < 1.29 is 9.59 Å². The fourth-order valence-corrected chi connectivity index (χ4v) is 3.23. The van der Waals surface area contributed by atoms with Crippen molar-refractivity contribution in [2.24, 2.45) is 12.8 Å². The van der Waals surface area contributed by atoms with Crippen LogP contribution < -0.4 is 5.73 Å². The predicted molar refractivity (Wildman–Crippen MR) is 92.8 cm³/mol. The highest BCUT2D eigenvalue weighted by atomic mass is 16.2. The molecule has 0 bridgehead atoms. The van der Waals surface area contributed by atoms with Crippen LogP contribution in [-0.2, 0) is 18.3 Å². The molecule has 2 amide bonds. The molecule has 0 radical (unpaired) electrons. The Kier molecular flexibility index (Phi) is 5.11. The van der Waals surface area contributed by atoms with Crippen LogP contribution in [-0.4, -0.2) is 44.6 Å². The van der Waals surface area contributed by atoms with Gasteiger partial charge in [-0.1, -0.05) is 6.07 Å². The zero-order chi connectivity index (χ0) is 17.8. The highest BCUT2D eigenvalue weighted by Crippen LogP contribution is 2.26. The summed E-state index contributed by atoms with van der Waals surface area (Å²) in [6.45, 7) is 1.41. The van der Waals surface area contributed by atoms with Crippen molar-refractivity contribution in [3.8, 4) is 0 Å². The van der Waals surface area contributed by atoms with Gasteiger partial charge in [-0.05, 0) is 31.4 Å². The second-order valence-electron chi connectivity index (χ2n) is 6.51. The summed E-state index contributed by atoms with van der Waals surface area (Å²) in [7, 11) is 1.80. The van der Waals surface area contributed by atoms with E-state index in [9.17, 15) is 9.59 Å². The van der Waals surface area contributed by atoms with Crippen LogP contribution in [0, 0.1) is 0 Å². The summed E-state index contributed by atoms with van der Waals surface area (Å²) >= 11 is 0. The van der Waals surface area contributed by atoms with E-state index in [2.05, 4.69) is 10.1 Å². The maximum absolute atomic E-state index is 12.6. The van der Waals surface area contributed by atoms with E-state index in [-0.39, 0.29) is 17.7 Å². The van der Waals surface area contributed by atoms with Gasteiger partial charge in [-0.15, -0.1) is 0 Å². The number of nitrogens with two attached hydrogens (primary N) is 1. The number of aryl methyl sites for hydroxylation is 2. The number of pyridine rings is 1. The molecule has 0 spiro atoms. The van der Waals surface area contributed by atoms with Gasteiger partial charge in [-0.25, -0.2) is 0 Å². The van der Waals surface area contributed by atoms with E-state index in [1.165, 1.54) is 0 Å². The standard InChI is InChI=1S/C18H23N5O2/c1-22-11-14(10-20-22)18(25)23-9-3-4-13(12-23)16-6-2-5-15(21-16)7-8-17(19)24/h2,5-6,10-11,13H,3-4,7-9,12H2,1H3,(H2,19,24). The van der Waals surface area contributed by atoms with Crippen molar-refractivity contribution >= 4 is 11.8 Å². The van der Waals surface area contributed by atoms with Crippen LogP contribution in [0.15, 0.2) is 30.6 Å². The highest BCUT2D eigenvalue weighted by Gasteiger charge is 2.27. The number of hydrogen-bond donors (Lipinski definition) is 1. The number of likely N-dealkylation sites (tertiary alicyclic amines) is 1. The maximum Gasteiger partial charge on any atom is 0.257 e. The first-order valence-electron chi connectivity index (χ1n) is 8.55. The Hall–Kier alpha value is -2.70. The number of carbonyl (C=O) groups is 2. The summed E-state index contributed by atoms with van der Waals surface area (Å²) < 4.78 is 1.64. The van der Waals surface area contributed by atoms with Crippen molar-refractivity contribution in [3.63, 3.8) is 0 Å². The molecular weight excluding hydrogens is 318 g/mol. The molecular formula is C18H23N5O2. The molecule has 2 aromatic heterocycles. The van der Waals surface area contributed by atoms with Gasteiger partial charge in [0.05, 0.1) is 11.8 Å². The Morgan fingerprint density at radius 3 is 2.92 bits per heavy atom. The van der Waals surface area contributed by atoms with Crippen molar-refractivity contribution in [3.05, 3.63) is 47.5 Å². The molecule has 1 aliphatic heterocycles. The van der Waals surface area contributed by atoms with Gasteiger partial charge in [0.15, 0.2) is 0 Å². The van der Waals surface area contributed by atoms with Gasteiger partial charge in [0.1, 0.15) is 0 Å². The van der Waals surface area contributed by atoms with Crippen LogP contribution in [0.25, 0.3) is 0 Å². The van der Waals surface area contributed by atoms with Gasteiger partial charge in [-0.2, -0.15) is 5.10 Å². The van der Waals surface area contributed by atoms with E-state index in [4.69, 9.17) is 5.73 Å². The molecule has 3 rings (SSSR count). The van der Waals surface area contributed by atoms with Crippen molar-refractivity contribution in [2.75, 3.05) is 13.1 Å². The number of nitrogens with zero attached hydrogens (tertiary/aromatic N) is 4. The monoisotopic (exact) mass is 341 g/mol. The Morgan fingerprint density at radius 1 is 1.36 bits per heavy atom. The normalized spacial score (nSPS) is 17.5. The number of rotatable bonds is 5. The zero-order valence-electron chi connectivity index (χ0n) is 14.4. The fourth-order valence-electron chi connectivity index (χ4n) is 3.23. The van der Waals surface area contributed by atoms with E-state index in [1.807, 2.05) is 23.1 Å². The lowest BCUT2D eigenvalue weighted by Crippen LogP contribution is -2.39. The molecule has 132 valence electrons. The Morgan fingerprint density at radius 2 is 2.20 bits per heavy atom. The maximum atomic E-state index is 12.6. The first-order chi connectivity index (χ1) is 12.0. The van der Waals surface area contributed by atoms with Gasteiger partial charge < -0.3 is 10.6 Å². The summed E-state index contributed by atoms with van der Waals surface area (Å²) in [6, 6.07) is 5.87. The molecule has 1 fully saturated rings. The second kappa shape index (κ2) is 7.46. The summed E-state index contributed by atoms with van der Waals surface area (Å²) in [5, 5.41) is 4.08. The number of aromatic nitrogens is 3. The molecule has 2 N–H and O–H groups in total. The lowest BCUT2D eigenvalue weighted by atomic mass is 9.93. The van der Waals surface area contributed by atoms with Crippen LogP contribution in [0.1, 0.15) is 46.9 Å². The first kappa shape index (κ1) is 17.1. The fraction of sp³-hybridized carbons (Fsp3) is 0.444. The van der Waals surface area contributed by atoms with Crippen molar-refractivity contribution in [2.45, 2.75) is 31.6 Å². The van der Waals surface area contributed by atoms with Gasteiger partial charge >= 0.3 is 0 Å². The van der Waals surface area contributed by atoms with E-state index in [1.54, 1.807) is 24.1 Å². The Bertz CT molecular complexity index is 770. The number of amides is 2. The van der Waals surface area contributed by atoms with E-state index in [0.29, 0.717) is 24.9 Å². The lowest BCUT2D eigenvalue weighted by molar-refractivity contribution is -0.118. The van der Waals surface area contributed by atoms with Gasteiger partial charge in [0, 0.05) is 50.1 Å². The van der Waals surface area contributed by atoms with Gasteiger partial charge in [-0.3, -0.25) is 19.3 Å². The molecule has 7 nitrogen and oxygen atoms in total. The SMILES string of the molecule is Cn1cc(C(=O)N2CCCC(c3cccc(CCC(N)=O)n3)C2)cn1.